The number of hydrogen-bond acceptors (Lipinski definition) is 4. The molecule has 0 radical (unpaired) electrons. The standard InChI is InChI=1S/C19H22FN3O2/c1-3-4-8-19(22-23-19)9-7-18(24)21-15-10-14(11-15)13-5-6-17(25-2)16(20)12-13/h1,5-6,12,14-15H,4,7-11H2,2H3,(H,21,24). The molecule has 6 heteroatoms. The van der Waals surface area contributed by atoms with Crippen molar-refractivity contribution < 1.29 is 13.9 Å². The van der Waals surface area contributed by atoms with Gasteiger partial charge in [-0.3, -0.25) is 4.79 Å². The van der Waals surface area contributed by atoms with Gasteiger partial charge >= 0.3 is 0 Å². The van der Waals surface area contributed by atoms with Gasteiger partial charge in [-0.15, -0.1) is 12.3 Å². The molecule has 132 valence electrons. The SMILES string of the molecule is C#CCCC1(CCC(=O)NC2CC(c3ccc(OC)c(F)c3)C2)N=N1. The highest BCUT2D eigenvalue weighted by atomic mass is 19.1. The maximum atomic E-state index is 13.8. The van der Waals surface area contributed by atoms with Crippen LogP contribution >= 0.6 is 0 Å². The van der Waals surface area contributed by atoms with E-state index >= 15 is 0 Å². The van der Waals surface area contributed by atoms with Crippen molar-refractivity contribution in [3.8, 4) is 18.1 Å². The van der Waals surface area contributed by atoms with Crippen LogP contribution in [0.1, 0.15) is 50.0 Å². The first-order chi connectivity index (χ1) is 12.0. The maximum absolute atomic E-state index is 13.8. The molecule has 1 N–H and O–H groups in total. The van der Waals surface area contributed by atoms with E-state index in [0.717, 1.165) is 18.4 Å². The molecule has 3 rings (SSSR count). The summed E-state index contributed by atoms with van der Waals surface area (Å²) < 4.78 is 18.7. The third-order valence-electron chi connectivity index (χ3n) is 4.96. The van der Waals surface area contributed by atoms with E-state index in [1.807, 2.05) is 6.07 Å². The van der Waals surface area contributed by atoms with Crippen molar-refractivity contribution in [1.82, 2.24) is 5.32 Å². The Kier molecular flexibility index (Phi) is 5.03. The fourth-order valence-corrected chi connectivity index (χ4v) is 3.23. The average Bonchev–Trinajstić information content (AvgIpc) is 3.34. The quantitative estimate of drug-likeness (QED) is 0.734. The van der Waals surface area contributed by atoms with Crippen molar-refractivity contribution in [2.24, 2.45) is 10.2 Å². The lowest BCUT2D eigenvalue weighted by Gasteiger charge is -2.36. The molecule has 5 nitrogen and oxygen atoms in total. The summed E-state index contributed by atoms with van der Waals surface area (Å²) in [5.74, 6) is 2.78. The molecule has 1 fully saturated rings. The average molecular weight is 343 g/mol. The third-order valence-corrected chi connectivity index (χ3v) is 4.96. The molecule has 1 amide bonds. The molecular formula is C19H22FN3O2. The summed E-state index contributed by atoms with van der Waals surface area (Å²) in [5.41, 5.74) is 0.541. The van der Waals surface area contributed by atoms with Crippen LogP contribution < -0.4 is 10.1 Å². The molecule has 0 unspecified atom stereocenters. The molecule has 2 aliphatic rings. The molecule has 0 saturated heterocycles. The fourth-order valence-electron chi connectivity index (χ4n) is 3.23. The summed E-state index contributed by atoms with van der Waals surface area (Å²) in [6, 6.07) is 5.20. The van der Waals surface area contributed by atoms with E-state index in [1.54, 1.807) is 6.07 Å². The van der Waals surface area contributed by atoms with Crippen LogP contribution in [0.5, 0.6) is 5.75 Å². The van der Waals surface area contributed by atoms with E-state index in [-0.39, 0.29) is 29.4 Å². The van der Waals surface area contributed by atoms with Crippen LogP contribution in [0.2, 0.25) is 0 Å². The van der Waals surface area contributed by atoms with E-state index in [0.29, 0.717) is 25.7 Å². The number of halogens is 1. The molecule has 0 bridgehead atoms. The molecule has 1 aliphatic heterocycles. The van der Waals surface area contributed by atoms with Gasteiger partial charge in [-0.1, -0.05) is 6.07 Å². The minimum atomic E-state index is -0.410. The number of methoxy groups -OCH3 is 1. The van der Waals surface area contributed by atoms with Gasteiger partial charge in [0.05, 0.1) is 7.11 Å². The van der Waals surface area contributed by atoms with Gasteiger partial charge in [-0.2, -0.15) is 10.2 Å². The highest BCUT2D eigenvalue weighted by molar-refractivity contribution is 5.76. The number of ether oxygens (including phenoxy) is 1. The van der Waals surface area contributed by atoms with Crippen LogP contribution in [-0.2, 0) is 4.79 Å². The summed E-state index contributed by atoms with van der Waals surface area (Å²) in [5, 5.41) is 11.1. The van der Waals surface area contributed by atoms with Gasteiger partial charge in [0.15, 0.2) is 17.2 Å². The minimum absolute atomic E-state index is 0.0155. The van der Waals surface area contributed by atoms with Crippen LogP contribution in [0, 0.1) is 18.2 Å². The number of rotatable bonds is 8. The second-order valence-electron chi connectivity index (χ2n) is 6.71. The van der Waals surface area contributed by atoms with Gasteiger partial charge in [0.2, 0.25) is 5.91 Å². The second kappa shape index (κ2) is 7.22. The Morgan fingerprint density at radius 1 is 1.44 bits per heavy atom. The third kappa shape index (κ3) is 4.16. The van der Waals surface area contributed by atoms with E-state index in [2.05, 4.69) is 21.5 Å². The van der Waals surface area contributed by atoms with E-state index in [9.17, 15) is 9.18 Å². The number of hydrogen-bond donors (Lipinski definition) is 1. The topological polar surface area (TPSA) is 63.0 Å². The molecule has 1 aromatic carbocycles. The molecule has 25 heavy (non-hydrogen) atoms. The van der Waals surface area contributed by atoms with Gasteiger partial charge in [0, 0.05) is 31.7 Å². The Morgan fingerprint density at radius 3 is 2.80 bits per heavy atom. The van der Waals surface area contributed by atoms with E-state index in [4.69, 9.17) is 11.2 Å². The predicted molar refractivity (Wildman–Crippen MR) is 91.7 cm³/mol. The first-order valence-corrected chi connectivity index (χ1v) is 8.55. The Morgan fingerprint density at radius 2 is 2.20 bits per heavy atom. The highest BCUT2D eigenvalue weighted by Gasteiger charge is 2.39. The van der Waals surface area contributed by atoms with Gasteiger partial charge in [0.1, 0.15) is 0 Å². The summed E-state index contributed by atoms with van der Waals surface area (Å²) in [6.07, 6.45) is 9.26. The molecule has 0 atom stereocenters. The summed E-state index contributed by atoms with van der Waals surface area (Å²) in [7, 11) is 1.45. The predicted octanol–water partition coefficient (Wildman–Crippen LogP) is 3.55. The zero-order valence-corrected chi connectivity index (χ0v) is 14.3. The number of nitrogens with one attached hydrogen (secondary N) is 1. The summed E-state index contributed by atoms with van der Waals surface area (Å²) >= 11 is 0. The number of amides is 1. The molecule has 0 spiro atoms. The number of carbonyl (C=O) groups is 1. The van der Waals surface area contributed by atoms with Crippen molar-refractivity contribution >= 4 is 5.91 Å². The molecule has 1 aromatic rings. The zero-order chi connectivity index (χ0) is 17.9. The lowest BCUT2D eigenvalue weighted by Crippen LogP contribution is -2.43. The van der Waals surface area contributed by atoms with E-state index < -0.39 is 5.66 Å². The van der Waals surface area contributed by atoms with Crippen LogP contribution in [0.15, 0.2) is 28.4 Å². The van der Waals surface area contributed by atoms with Crippen molar-refractivity contribution in [2.45, 2.75) is 56.1 Å². The van der Waals surface area contributed by atoms with Crippen LogP contribution in [-0.4, -0.2) is 24.7 Å². The minimum Gasteiger partial charge on any atom is -0.494 e. The fraction of sp³-hybridized carbons (Fsp3) is 0.526. The number of nitrogens with zero attached hydrogens (tertiary/aromatic N) is 2. The van der Waals surface area contributed by atoms with Crippen LogP contribution in [0.25, 0.3) is 0 Å². The van der Waals surface area contributed by atoms with Crippen molar-refractivity contribution in [3.63, 3.8) is 0 Å². The van der Waals surface area contributed by atoms with Gasteiger partial charge in [-0.05, 0) is 36.5 Å². The zero-order valence-electron chi connectivity index (χ0n) is 14.3. The Hall–Kier alpha value is -2.42. The summed E-state index contributed by atoms with van der Waals surface area (Å²) in [6.45, 7) is 0. The Balaban J connectivity index is 1.39. The Labute approximate surface area is 147 Å². The molecule has 1 saturated carbocycles. The molecule has 1 heterocycles. The maximum Gasteiger partial charge on any atom is 0.220 e. The molecule has 1 aliphatic carbocycles. The van der Waals surface area contributed by atoms with E-state index in [1.165, 1.54) is 13.2 Å². The lowest BCUT2D eigenvalue weighted by molar-refractivity contribution is -0.122. The number of benzene rings is 1. The molecule has 0 aromatic heterocycles. The number of terminal acetylenes is 1. The molecular weight excluding hydrogens is 321 g/mol. The largest absolute Gasteiger partial charge is 0.494 e. The first kappa shape index (κ1) is 17.4. The first-order valence-electron chi connectivity index (χ1n) is 8.55. The smallest absolute Gasteiger partial charge is 0.220 e. The summed E-state index contributed by atoms with van der Waals surface area (Å²) in [4.78, 5) is 12.1. The Bertz CT molecular complexity index is 714. The normalized spacial score (nSPS) is 22.6. The monoisotopic (exact) mass is 343 g/mol. The van der Waals surface area contributed by atoms with Gasteiger partial charge in [-0.25, -0.2) is 4.39 Å². The van der Waals surface area contributed by atoms with Gasteiger partial charge in [0.25, 0.3) is 0 Å². The van der Waals surface area contributed by atoms with Crippen LogP contribution in [0.3, 0.4) is 0 Å². The highest BCUT2D eigenvalue weighted by Crippen LogP contribution is 2.39. The second-order valence-corrected chi connectivity index (χ2v) is 6.71. The lowest BCUT2D eigenvalue weighted by atomic mass is 9.75. The van der Waals surface area contributed by atoms with Crippen molar-refractivity contribution in [2.75, 3.05) is 7.11 Å². The van der Waals surface area contributed by atoms with Crippen molar-refractivity contribution in [1.29, 1.82) is 0 Å². The number of carbonyl (C=O) groups excluding carboxylic acids is 1. The van der Waals surface area contributed by atoms with Crippen molar-refractivity contribution in [3.05, 3.63) is 29.6 Å². The van der Waals surface area contributed by atoms with Gasteiger partial charge < -0.3 is 10.1 Å². The van der Waals surface area contributed by atoms with Crippen LogP contribution in [0.4, 0.5) is 4.39 Å².